The van der Waals surface area contributed by atoms with E-state index in [2.05, 4.69) is 38.2 Å². The number of carbonyl (C=O) groups excluding carboxylic acids is 2. The van der Waals surface area contributed by atoms with E-state index < -0.39 is 5.97 Å². The highest BCUT2D eigenvalue weighted by Crippen LogP contribution is 2.22. The highest BCUT2D eigenvalue weighted by atomic mass is 16.5. The maximum absolute atomic E-state index is 12.2. The second-order valence-electron chi connectivity index (χ2n) is 6.96. The zero-order valence-electron chi connectivity index (χ0n) is 15.7. The molecule has 0 atom stereocenters. The third-order valence-corrected chi connectivity index (χ3v) is 3.88. The van der Waals surface area contributed by atoms with Crippen LogP contribution in [0.5, 0.6) is 0 Å². The summed E-state index contributed by atoms with van der Waals surface area (Å²) in [4.78, 5) is 24.1. The number of rotatable bonds is 5. The molecule has 0 saturated carbocycles. The molecule has 0 saturated heterocycles. The molecule has 0 bridgehead atoms. The van der Waals surface area contributed by atoms with Gasteiger partial charge in [0.15, 0.2) is 0 Å². The Hall–Kier alpha value is -2.88. The Bertz CT molecular complexity index is 799. The molecule has 2 rings (SSSR count). The summed E-state index contributed by atoms with van der Waals surface area (Å²) in [7, 11) is 0. The minimum atomic E-state index is -0.454. The van der Waals surface area contributed by atoms with Gasteiger partial charge in [0.25, 0.3) is 0 Å². The fraction of sp³-hybridized carbons (Fsp3) is 0.273. The second kappa shape index (κ2) is 8.48. The average molecular weight is 351 g/mol. The fourth-order valence-electron chi connectivity index (χ4n) is 2.42. The predicted molar refractivity (Wildman–Crippen MR) is 105 cm³/mol. The number of amides is 1. The molecular formula is C22H25NO3. The molecule has 4 heteroatoms. The van der Waals surface area contributed by atoms with Gasteiger partial charge in [-0.25, -0.2) is 4.79 Å². The Labute approximate surface area is 154 Å². The Morgan fingerprint density at radius 1 is 1.04 bits per heavy atom. The van der Waals surface area contributed by atoms with Crippen LogP contribution in [0.2, 0.25) is 0 Å². The van der Waals surface area contributed by atoms with Crippen LogP contribution in [0.4, 0.5) is 5.69 Å². The standard InChI is InChI=1S/C22H25NO3/c1-5-26-21(25)18-8-6-7-9-19(18)23-20(24)15-12-16-10-13-17(14-11-16)22(2,3)4/h6-15H,5H2,1-4H3,(H,23,24). The molecule has 1 N–H and O–H groups in total. The second-order valence-corrected chi connectivity index (χ2v) is 6.96. The first-order valence-corrected chi connectivity index (χ1v) is 8.67. The number of carbonyl (C=O) groups is 2. The van der Waals surface area contributed by atoms with E-state index in [0.29, 0.717) is 11.3 Å². The quantitative estimate of drug-likeness (QED) is 0.621. The van der Waals surface area contributed by atoms with Crippen LogP contribution in [0.25, 0.3) is 6.08 Å². The molecule has 136 valence electrons. The van der Waals surface area contributed by atoms with Crippen molar-refractivity contribution in [3.05, 3.63) is 71.3 Å². The number of para-hydroxylation sites is 1. The average Bonchev–Trinajstić information content (AvgIpc) is 2.60. The largest absolute Gasteiger partial charge is 0.462 e. The number of hydrogen-bond acceptors (Lipinski definition) is 3. The fourth-order valence-corrected chi connectivity index (χ4v) is 2.42. The van der Waals surface area contributed by atoms with E-state index in [1.807, 2.05) is 12.1 Å². The van der Waals surface area contributed by atoms with Gasteiger partial charge in [-0.3, -0.25) is 4.79 Å². The number of esters is 1. The van der Waals surface area contributed by atoms with Crippen molar-refractivity contribution in [2.24, 2.45) is 0 Å². The first kappa shape index (κ1) is 19.4. The zero-order chi connectivity index (χ0) is 19.2. The van der Waals surface area contributed by atoms with Crippen LogP contribution in [0.1, 0.15) is 49.2 Å². The molecule has 0 unspecified atom stereocenters. The summed E-state index contributed by atoms with van der Waals surface area (Å²) in [6, 6.07) is 14.9. The maximum atomic E-state index is 12.2. The third kappa shape index (κ3) is 5.31. The molecule has 0 heterocycles. The summed E-state index contributed by atoms with van der Waals surface area (Å²) in [5.41, 5.74) is 3.04. The molecule has 0 aliphatic rings. The third-order valence-electron chi connectivity index (χ3n) is 3.88. The summed E-state index contributed by atoms with van der Waals surface area (Å²) < 4.78 is 5.01. The van der Waals surface area contributed by atoms with Crippen molar-refractivity contribution in [3.8, 4) is 0 Å². The van der Waals surface area contributed by atoms with E-state index in [1.165, 1.54) is 11.6 Å². The van der Waals surface area contributed by atoms with Crippen LogP contribution in [0.3, 0.4) is 0 Å². The SMILES string of the molecule is CCOC(=O)c1ccccc1NC(=O)C=Cc1ccc(C(C)(C)C)cc1. The van der Waals surface area contributed by atoms with Gasteiger partial charge >= 0.3 is 5.97 Å². The summed E-state index contributed by atoms with van der Waals surface area (Å²) in [5, 5.41) is 2.73. The van der Waals surface area contributed by atoms with Gasteiger partial charge in [-0.05, 0) is 41.7 Å². The molecule has 0 radical (unpaired) electrons. The molecule has 0 aromatic heterocycles. The highest BCUT2D eigenvalue weighted by Gasteiger charge is 2.13. The number of nitrogens with one attached hydrogen (secondary N) is 1. The van der Waals surface area contributed by atoms with Crippen LogP contribution in [0.15, 0.2) is 54.6 Å². The van der Waals surface area contributed by atoms with Crippen LogP contribution < -0.4 is 5.32 Å². The lowest BCUT2D eigenvalue weighted by molar-refractivity contribution is -0.111. The Morgan fingerprint density at radius 2 is 1.69 bits per heavy atom. The monoisotopic (exact) mass is 351 g/mol. The molecule has 2 aromatic carbocycles. The van der Waals surface area contributed by atoms with Gasteiger partial charge < -0.3 is 10.1 Å². The van der Waals surface area contributed by atoms with Crippen molar-refractivity contribution in [2.75, 3.05) is 11.9 Å². The van der Waals surface area contributed by atoms with E-state index in [0.717, 1.165) is 5.56 Å². The molecule has 4 nitrogen and oxygen atoms in total. The van der Waals surface area contributed by atoms with Gasteiger partial charge in [0.2, 0.25) is 5.91 Å². The molecule has 2 aromatic rings. The first-order chi connectivity index (χ1) is 12.3. The van der Waals surface area contributed by atoms with Crippen LogP contribution in [-0.4, -0.2) is 18.5 Å². The Balaban J connectivity index is 2.07. The smallest absolute Gasteiger partial charge is 0.340 e. The van der Waals surface area contributed by atoms with Crippen molar-refractivity contribution < 1.29 is 14.3 Å². The number of hydrogen-bond donors (Lipinski definition) is 1. The molecule has 0 fully saturated rings. The van der Waals surface area contributed by atoms with Gasteiger partial charge in [0, 0.05) is 6.08 Å². The molecular weight excluding hydrogens is 326 g/mol. The molecule has 26 heavy (non-hydrogen) atoms. The lowest BCUT2D eigenvalue weighted by Crippen LogP contribution is -2.13. The lowest BCUT2D eigenvalue weighted by Gasteiger charge is -2.18. The molecule has 0 aliphatic carbocycles. The van der Waals surface area contributed by atoms with Crippen LogP contribution >= 0.6 is 0 Å². The lowest BCUT2D eigenvalue weighted by atomic mass is 9.87. The first-order valence-electron chi connectivity index (χ1n) is 8.67. The maximum Gasteiger partial charge on any atom is 0.340 e. The van der Waals surface area contributed by atoms with Gasteiger partial charge in [-0.2, -0.15) is 0 Å². The van der Waals surface area contributed by atoms with Crippen molar-refractivity contribution in [1.29, 1.82) is 0 Å². The van der Waals surface area contributed by atoms with E-state index in [1.54, 1.807) is 37.3 Å². The Kier molecular flexibility index (Phi) is 6.34. The van der Waals surface area contributed by atoms with Gasteiger partial charge in [-0.15, -0.1) is 0 Å². The van der Waals surface area contributed by atoms with E-state index in [4.69, 9.17) is 4.74 Å². The number of anilines is 1. The molecule has 0 spiro atoms. The van der Waals surface area contributed by atoms with E-state index in [9.17, 15) is 9.59 Å². The normalized spacial score (nSPS) is 11.4. The van der Waals surface area contributed by atoms with Crippen molar-refractivity contribution in [1.82, 2.24) is 0 Å². The van der Waals surface area contributed by atoms with Gasteiger partial charge in [0.05, 0.1) is 17.9 Å². The zero-order valence-corrected chi connectivity index (χ0v) is 15.7. The topological polar surface area (TPSA) is 55.4 Å². The highest BCUT2D eigenvalue weighted by molar-refractivity contribution is 6.06. The van der Waals surface area contributed by atoms with Crippen molar-refractivity contribution in [3.63, 3.8) is 0 Å². The van der Waals surface area contributed by atoms with Crippen molar-refractivity contribution >= 4 is 23.6 Å². The molecule has 1 amide bonds. The Morgan fingerprint density at radius 3 is 2.31 bits per heavy atom. The summed E-state index contributed by atoms with van der Waals surface area (Å²) in [5.74, 6) is -0.758. The van der Waals surface area contributed by atoms with Crippen LogP contribution in [-0.2, 0) is 14.9 Å². The minimum absolute atomic E-state index is 0.0937. The summed E-state index contributed by atoms with van der Waals surface area (Å²) in [6.07, 6.45) is 3.20. The van der Waals surface area contributed by atoms with E-state index in [-0.39, 0.29) is 17.9 Å². The van der Waals surface area contributed by atoms with Gasteiger partial charge in [-0.1, -0.05) is 57.2 Å². The van der Waals surface area contributed by atoms with Crippen molar-refractivity contribution in [2.45, 2.75) is 33.1 Å². The summed E-state index contributed by atoms with van der Waals surface area (Å²) >= 11 is 0. The number of benzene rings is 2. The minimum Gasteiger partial charge on any atom is -0.462 e. The predicted octanol–water partition coefficient (Wildman–Crippen LogP) is 4.81. The van der Waals surface area contributed by atoms with E-state index >= 15 is 0 Å². The summed E-state index contributed by atoms with van der Waals surface area (Å²) in [6.45, 7) is 8.50. The molecule has 0 aliphatic heterocycles. The van der Waals surface area contributed by atoms with Gasteiger partial charge in [0.1, 0.15) is 0 Å². The van der Waals surface area contributed by atoms with Crippen LogP contribution in [0, 0.1) is 0 Å². The number of ether oxygens (including phenoxy) is 1.